The van der Waals surface area contributed by atoms with E-state index < -0.39 is 6.10 Å². The van der Waals surface area contributed by atoms with Gasteiger partial charge in [-0.05, 0) is 49.7 Å². The molecule has 1 aliphatic rings. The number of nitrogens with zero attached hydrogens (tertiary/aromatic N) is 1. The first-order valence-corrected chi connectivity index (χ1v) is 8.48. The van der Waals surface area contributed by atoms with Crippen molar-refractivity contribution in [1.29, 1.82) is 0 Å². The third kappa shape index (κ3) is 4.06. The van der Waals surface area contributed by atoms with E-state index in [1.54, 1.807) is 48.2 Å². The summed E-state index contributed by atoms with van der Waals surface area (Å²) in [6.45, 7) is 3.02. The third-order valence-electron chi connectivity index (χ3n) is 4.62. The summed E-state index contributed by atoms with van der Waals surface area (Å²) in [6.07, 6.45) is 0.433. The Morgan fingerprint density at radius 2 is 1.76 bits per heavy atom. The lowest BCUT2D eigenvalue weighted by molar-refractivity contribution is 0.0762. The zero-order chi connectivity index (χ0) is 17.8. The molecule has 0 bridgehead atoms. The van der Waals surface area contributed by atoms with Gasteiger partial charge >= 0.3 is 0 Å². The largest absolute Gasteiger partial charge is 0.393 e. The lowest BCUT2D eigenvalue weighted by Gasteiger charge is -2.18. The molecule has 0 aromatic heterocycles. The number of benzene rings is 2. The fourth-order valence-corrected chi connectivity index (χ4v) is 3.04. The zero-order valence-corrected chi connectivity index (χ0v) is 14.2. The summed E-state index contributed by atoms with van der Waals surface area (Å²) < 4.78 is 0. The van der Waals surface area contributed by atoms with Crippen LogP contribution in [0.4, 0.5) is 5.69 Å². The van der Waals surface area contributed by atoms with Crippen molar-refractivity contribution in [3.63, 3.8) is 0 Å². The number of hydrogen-bond acceptors (Lipinski definition) is 3. The first kappa shape index (κ1) is 17.2. The van der Waals surface area contributed by atoms with Gasteiger partial charge in [-0.1, -0.05) is 18.2 Å². The molecule has 3 rings (SSSR count). The molecule has 5 nitrogen and oxygen atoms in total. The van der Waals surface area contributed by atoms with Gasteiger partial charge in [0.05, 0.1) is 6.10 Å². The highest BCUT2D eigenvalue weighted by Gasteiger charge is 2.29. The molecule has 2 unspecified atom stereocenters. The highest BCUT2D eigenvalue weighted by atomic mass is 16.3. The minimum atomic E-state index is -0.395. The molecule has 1 heterocycles. The van der Waals surface area contributed by atoms with Gasteiger partial charge in [0.25, 0.3) is 11.8 Å². The summed E-state index contributed by atoms with van der Waals surface area (Å²) in [4.78, 5) is 26.4. The van der Waals surface area contributed by atoms with Crippen LogP contribution in [-0.4, -0.2) is 41.0 Å². The topological polar surface area (TPSA) is 69.6 Å². The van der Waals surface area contributed by atoms with E-state index in [0.717, 1.165) is 6.42 Å². The second kappa shape index (κ2) is 7.49. The summed E-state index contributed by atoms with van der Waals surface area (Å²) in [7, 11) is 0. The van der Waals surface area contributed by atoms with Crippen LogP contribution in [0, 0.1) is 5.92 Å². The average Bonchev–Trinajstić information content (AvgIpc) is 3.13. The predicted molar refractivity (Wildman–Crippen MR) is 96.5 cm³/mol. The molecule has 1 aliphatic heterocycles. The SMILES string of the molecule is CC(O)C1CCN(C(=O)c2ccc(NC(=O)c3ccccc3)cc2)C1. The van der Waals surface area contributed by atoms with E-state index >= 15 is 0 Å². The first-order chi connectivity index (χ1) is 12.0. The molecule has 2 atom stereocenters. The second-order valence-corrected chi connectivity index (χ2v) is 6.44. The van der Waals surface area contributed by atoms with E-state index in [-0.39, 0.29) is 17.7 Å². The quantitative estimate of drug-likeness (QED) is 0.901. The molecule has 2 amide bonds. The molecule has 0 spiro atoms. The van der Waals surface area contributed by atoms with E-state index in [2.05, 4.69) is 5.32 Å². The Bertz CT molecular complexity index is 741. The summed E-state index contributed by atoms with van der Waals surface area (Å²) in [5.74, 6) is -0.0727. The number of amides is 2. The molecular weight excluding hydrogens is 316 g/mol. The Morgan fingerprint density at radius 3 is 2.36 bits per heavy atom. The number of aliphatic hydroxyl groups is 1. The maximum absolute atomic E-state index is 12.5. The molecule has 0 saturated carbocycles. The molecule has 2 N–H and O–H groups in total. The number of aliphatic hydroxyl groups excluding tert-OH is 1. The van der Waals surface area contributed by atoms with Crippen LogP contribution in [0.15, 0.2) is 54.6 Å². The van der Waals surface area contributed by atoms with Crippen LogP contribution < -0.4 is 5.32 Å². The van der Waals surface area contributed by atoms with Crippen molar-refractivity contribution in [3.8, 4) is 0 Å². The van der Waals surface area contributed by atoms with Crippen molar-refractivity contribution < 1.29 is 14.7 Å². The number of hydrogen-bond donors (Lipinski definition) is 2. The number of rotatable bonds is 4. The van der Waals surface area contributed by atoms with E-state index in [1.807, 2.05) is 18.2 Å². The van der Waals surface area contributed by atoms with E-state index in [1.165, 1.54) is 0 Å². The van der Waals surface area contributed by atoms with Gasteiger partial charge < -0.3 is 15.3 Å². The monoisotopic (exact) mass is 338 g/mol. The van der Waals surface area contributed by atoms with Crippen LogP contribution in [0.3, 0.4) is 0 Å². The van der Waals surface area contributed by atoms with E-state index in [9.17, 15) is 14.7 Å². The highest BCUT2D eigenvalue weighted by Crippen LogP contribution is 2.22. The molecule has 2 aromatic carbocycles. The Labute approximate surface area is 147 Å². The molecule has 25 heavy (non-hydrogen) atoms. The predicted octanol–water partition coefficient (Wildman–Crippen LogP) is 2.78. The van der Waals surface area contributed by atoms with Crippen LogP contribution >= 0.6 is 0 Å². The number of nitrogens with one attached hydrogen (secondary N) is 1. The summed E-state index contributed by atoms with van der Waals surface area (Å²) in [6, 6.07) is 15.9. The lowest BCUT2D eigenvalue weighted by atomic mass is 10.0. The maximum Gasteiger partial charge on any atom is 0.255 e. The minimum Gasteiger partial charge on any atom is -0.393 e. The van der Waals surface area contributed by atoms with Gasteiger partial charge in [-0.25, -0.2) is 0 Å². The van der Waals surface area contributed by atoms with Crippen molar-refractivity contribution in [2.24, 2.45) is 5.92 Å². The lowest BCUT2D eigenvalue weighted by Crippen LogP contribution is -2.30. The van der Waals surface area contributed by atoms with Crippen LogP contribution in [0.2, 0.25) is 0 Å². The van der Waals surface area contributed by atoms with E-state index in [0.29, 0.717) is 29.9 Å². The molecule has 1 saturated heterocycles. The number of anilines is 1. The minimum absolute atomic E-state index is 0.0379. The average molecular weight is 338 g/mol. The summed E-state index contributed by atoms with van der Waals surface area (Å²) in [5.41, 5.74) is 1.82. The van der Waals surface area contributed by atoms with Gasteiger partial charge in [0, 0.05) is 35.8 Å². The zero-order valence-electron chi connectivity index (χ0n) is 14.2. The van der Waals surface area contributed by atoms with Crippen molar-refractivity contribution in [3.05, 3.63) is 65.7 Å². The fraction of sp³-hybridized carbons (Fsp3) is 0.300. The molecule has 5 heteroatoms. The van der Waals surface area contributed by atoms with Gasteiger partial charge in [-0.2, -0.15) is 0 Å². The summed E-state index contributed by atoms with van der Waals surface area (Å²) >= 11 is 0. The van der Waals surface area contributed by atoms with E-state index in [4.69, 9.17) is 0 Å². The Morgan fingerprint density at radius 1 is 1.08 bits per heavy atom. The first-order valence-electron chi connectivity index (χ1n) is 8.48. The molecule has 1 fully saturated rings. The second-order valence-electron chi connectivity index (χ2n) is 6.44. The Balaban J connectivity index is 1.62. The standard InChI is InChI=1S/C20H22N2O3/c1-14(23)17-11-12-22(13-17)20(25)16-7-9-18(10-8-16)21-19(24)15-5-3-2-4-6-15/h2-10,14,17,23H,11-13H2,1H3,(H,21,24). The fourth-order valence-electron chi connectivity index (χ4n) is 3.04. The van der Waals surface area contributed by atoms with Gasteiger partial charge in [0.2, 0.25) is 0 Å². The van der Waals surface area contributed by atoms with Gasteiger partial charge in [-0.15, -0.1) is 0 Å². The van der Waals surface area contributed by atoms with Crippen molar-refractivity contribution in [1.82, 2.24) is 4.90 Å². The molecule has 2 aromatic rings. The van der Waals surface area contributed by atoms with Crippen molar-refractivity contribution >= 4 is 17.5 Å². The number of carbonyl (C=O) groups is 2. The van der Waals surface area contributed by atoms with Crippen molar-refractivity contribution in [2.75, 3.05) is 18.4 Å². The highest BCUT2D eigenvalue weighted by molar-refractivity contribution is 6.04. The van der Waals surface area contributed by atoms with Crippen molar-refractivity contribution in [2.45, 2.75) is 19.4 Å². The normalized spacial score (nSPS) is 18.0. The number of carbonyl (C=O) groups excluding carboxylic acids is 2. The van der Waals surface area contributed by atoms with Crippen LogP contribution in [0.1, 0.15) is 34.1 Å². The van der Waals surface area contributed by atoms with Gasteiger partial charge in [-0.3, -0.25) is 9.59 Å². The Hall–Kier alpha value is -2.66. The third-order valence-corrected chi connectivity index (χ3v) is 4.62. The summed E-state index contributed by atoms with van der Waals surface area (Å²) in [5, 5.41) is 12.5. The smallest absolute Gasteiger partial charge is 0.255 e. The molecule has 0 aliphatic carbocycles. The maximum atomic E-state index is 12.5. The van der Waals surface area contributed by atoms with Crippen LogP contribution in [-0.2, 0) is 0 Å². The number of likely N-dealkylation sites (tertiary alicyclic amines) is 1. The van der Waals surface area contributed by atoms with Crippen LogP contribution in [0.5, 0.6) is 0 Å². The molecular formula is C20H22N2O3. The molecule has 0 radical (unpaired) electrons. The van der Waals surface area contributed by atoms with Crippen LogP contribution in [0.25, 0.3) is 0 Å². The molecule has 130 valence electrons. The Kier molecular flexibility index (Phi) is 5.14. The van der Waals surface area contributed by atoms with Gasteiger partial charge in [0.1, 0.15) is 0 Å². The van der Waals surface area contributed by atoms with Gasteiger partial charge in [0.15, 0.2) is 0 Å².